The van der Waals surface area contributed by atoms with Crippen LogP contribution in [0.25, 0.3) is 22.3 Å². The van der Waals surface area contributed by atoms with Crippen LogP contribution < -0.4 is 4.74 Å². The number of carboxylic acid groups (broad SMARTS) is 1. The molecule has 0 radical (unpaired) electrons. The van der Waals surface area contributed by atoms with E-state index in [2.05, 4.69) is 30.9 Å². The average Bonchev–Trinajstić information content (AvgIpc) is 3.44. The molecule has 12 heteroatoms. The lowest BCUT2D eigenvalue weighted by atomic mass is 10.0. The van der Waals surface area contributed by atoms with Crippen LogP contribution in [0, 0.1) is 18.6 Å². The predicted octanol–water partition coefficient (Wildman–Crippen LogP) is 6.56. The number of halogens is 3. The molecule has 1 aliphatic rings. The second-order valence-corrected chi connectivity index (χ2v) is 12.0. The van der Waals surface area contributed by atoms with Gasteiger partial charge in [0.2, 0.25) is 5.88 Å². The number of thiazole rings is 1. The predicted molar refractivity (Wildman–Crippen MR) is 152 cm³/mol. The summed E-state index contributed by atoms with van der Waals surface area (Å²) in [6.45, 7) is 3.17. The summed E-state index contributed by atoms with van der Waals surface area (Å²) in [7, 11) is 0. The van der Waals surface area contributed by atoms with Gasteiger partial charge in [-0.2, -0.15) is 0 Å². The van der Waals surface area contributed by atoms with Gasteiger partial charge in [-0.1, -0.05) is 6.07 Å². The first kappa shape index (κ1) is 27.4. The molecule has 41 heavy (non-hydrogen) atoms. The number of carbonyl (C=O) groups is 1. The number of aromatic nitrogens is 4. The van der Waals surface area contributed by atoms with Gasteiger partial charge in [0.15, 0.2) is 0 Å². The fourth-order valence-electron chi connectivity index (χ4n) is 4.64. The van der Waals surface area contributed by atoms with E-state index in [1.54, 1.807) is 30.3 Å². The minimum absolute atomic E-state index is 0.00616. The molecule has 1 N–H and O–H groups in total. The van der Waals surface area contributed by atoms with Crippen LogP contribution in [0.2, 0.25) is 0 Å². The summed E-state index contributed by atoms with van der Waals surface area (Å²) < 4.78 is 44.9. The van der Waals surface area contributed by atoms with Crippen molar-refractivity contribution < 1.29 is 28.2 Å². The highest BCUT2D eigenvalue weighted by molar-refractivity contribution is 9.11. The van der Waals surface area contributed by atoms with Crippen molar-refractivity contribution in [1.29, 1.82) is 0 Å². The van der Waals surface area contributed by atoms with Crippen molar-refractivity contribution in [2.45, 2.75) is 39.0 Å². The summed E-state index contributed by atoms with van der Waals surface area (Å²) in [5.74, 6) is -1.55. The lowest BCUT2D eigenvalue weighted by molar-refractivity contribution is -0.0589. The Kier molecular flexibility index (Phi) is 7.54. The molecule has 0 unspecified atom stereocenters. The van der Waals surface area contributed by atoms with Crippen molar-refractivity contribution in [3.8, 4) is 17.1 Å². The molecule has 3 aromatic heterocycles. The smallest absolute Gasteiger partial charge is 0.335 e. The Balaban J connectivity index is 1.27. The summed E-state index contributed by atoms with van der Waals surface area (Å²) in [6.07, 6.45) is 0.809. The minimum Gasteiger partial charge on any atom is -0.478 e. The van der Waals surface area contributed by atoms with Gasteiger partial charge in [0, 0.05) is 24.7 Å². The van der Waals surface area contributed by atoms with Gasteiger partial charge < -0.3 is 19.1 Å². The van der Waals surface area contributed by atoms with E-state index in [0.29, 0.717) is 30.0 Å². The van der Waals surface area contributed by atoms with Crippen molar-refractivity contribution in [3.05, 3.63) is 91.6 Å². The second-order valence-electron chi connectivity index (χ2n) is 9.65. The van der Waals surface area contributed by atoms with Crippen LogP contribution in [0.3, 0.4) is 0 Å². The third-order valence-electron chi connectivity index (χ3n) is 6.87. The zero-order chi connectivity index (χ0) is 28.7. The zero-order valence-corrected chi connectivity index (χ0v) is 24.1. The number of hydrogen-bond acceptors (Lipinski definition) is 7. The molecule has 6 rings (SSSR count). The first-order valence-corrected chi connectivity index (χ1v) is 14.4. The molecule has 2 aromatic carbocycles. The van der Waals surface area contributed by atoms with Gasteiger partial charge >= 0.3 is 5.97 Å². The van der Waals surface area contributed by atoms with Crippen molar-refractivity contribution in [3.63, 3.8) is 0 Å². The van der Waals surface area contributed by atoms with Crippen LogP contribution in [0.15, 0.2) is 52.3 Å². The third-order valence-corrected chi connectivity index (χ3v) is 8.84. The van der Waals surface area contributed by atoms with Gasteiger partial charge in [0.25, 0.3) is 0 Å². The van der Waals surface area contributed by atoms with Gasteiger partial charge in [-0.05, 0) is 71.2 Å². The Morgan fingerprint density at radius 3 is 2.71 bits per heavy atom. The quantitative estimate of drug-likeness (QED) is 0.195. The third kappa shape index (κ3) is 5.72. The maximum Gasteiger partial charge on any atom is 0.335 e. The van der Waals surface area contributed by atoms with E-state index >= 15 is 8.78 Å². The van der Waals surface area contributed by atoms with Gasteiger partial charge in [0.05, 0.1) is 44.4 Å². The van der Waals surface area contributed by atoms with Crippen LogP contribution >= 0.6 is 27.3 Å². The van der Waals surface area contributed by atoms with Gasteiger partial charge in [-0.3, -0.25) is 0 Å². The van der Waals surface area contributed by atoms with E-state index in [1.165, 1.54) is 17.4 Å². The highest BCUT2D eigenvalue weighted by Crippen LogP contribution is 2.30. The van der Waals surface area contributed by atoms with Gasteiger partial charge in [-0.15, -0.1) is 11.3 Å². The molecule has 0 aliphatic carbocycles. The first-order valence-electron chi connectivity index (χ1n) is 12.8. The lowest BCUT2D eigenvalue weighted by Gasteiger charge is -2.27. The van der Waals surface area contributed by atoms with Crippen molar-refractivity contribution in [2.75, 3.05) is 6.61 Å². The Morgan fingerprint density at radius 1 is 1.17 bits per heavy atom. The molecule has 5 aromatic rings. The number of aryl methyl sites for hydroxylation is 1. The molecule has 1 fully saturated rings. The number of carboxylic acids is 1. The molecular weight excluding hydrogens is 618 g/mol. The van der Waals surface area contributed by atoms with E-state index in [1.807, 2.05) is 11.5 Å². The van der Waals surface area contributed by atoms with E-state index in [-0.39, 0.29) is 47.4 Å². The van der Waals surface area contributed by atoms with E-state index < -0.39 is 17.6 Å². The van der Waals surface area contributed by atoms with Gasteiger partial charge in [0.1, 0.15) is 29.1 Å². The van der Waals surface area contributed by atoms with Crippen LogP contribution in [0.5, 0.6) is 5.88 Å². The summed E-state index contributed by atoms with van der Waals surface area (Å²) >= 11 is 4.89. The highest BCUT2D eigenvalue weighted by atomic mass is 79.9. The summed E-state index contributed by atoms with van der Waals surface area (Å²) in [5, 5.41) is 10.2. The lowest BCUT2D eigenvalue weighted by Crippen LogP contribution is -2.31. The molecule has 0 spiro atoms. The molecule has 0 saturated carbocycles. The molecule has 1 aliphatic heterocycles. The Morgan fingerprint density at radius 2 is 2.00 bits per heavy atom. The molecule has 0 amide bonds. The molecule has 4 heterocycles. The number of rotatable bonds is 9. The van der Waals surface area contributed by atoms with Gasteiger partial charge in [-0.25, -0.2) is 28.5 Å². The number of aromatic carboxylic acids is 1. The maximum atomic E-state index is 15.4. The molecule has 210 valence electrons. The highest BCUT2D eigenvalue weighted by Gasteiger charge is 2.23. The number of fused-ring (bicyclic) bond motifs is 1. The summed E-state index contributed by atoms with van der Waals surface area (Å²) in [5.41, 5.74) is 2.52. The van der Waals surface area contributed by atoms with E-state index in [4.69, 9.17) is 9.47 Å². The fraction of sp³-hybridized carbons (Fsp3) is 0.241. The molecular formula is C29H23BrF2N4O4S. The second kappa shape index (κ2) is 11.3. The van der Waals surface area contributed by atoms with Crippen molar-refractivity contribution in [1.82, 2.24) is 19.5 Å². The topological polar surface area (TPSA) is 99.4 Å². The maximum absolute atomic E-state index is 15.4. The standard InChI is InChI=1S/C29H23BrF2N4O4S/c1-15-28(30)41-27(33-15)14-40-26-4-2-3-22(35-26)19-12-20(31)17(9-21(19)32)11-25-34-23-6-5-16(29(37)38)10-24(23)36(25)13-18-7-8-39-18/h2-6,9-10,12,18H,7-8,11,13-14H2,1H3,(H,37,38)/t18-/m0/s1. The Bertz CT molecular complexity index is 1770. The monoisotopic (exact) mass is 640 g/mol. The molecule has 0 bridgehead atoms. The zero-order valence-electron chi connectivity index (χ0n) is 21.7. The number of benzene rings is 2. The summed E-state index contributed by atoms with van der Waals surface area (Å²) in [4.78, 5) is 24.9. The van der Waals surface area contributed by atoms with Crippen LogP contribution in [0.4, 0.5) is 8.78 Å². The number of hydrogen-bond donors (Lipinski definition) is 1. The number of pyridine rings is 1. The van der Waals surface area contributed by atoms with E-state index in [9.17, 15) is 9.90 Å². The van der Waals surface area contributed by atoms with Crippen LogP contribution in [-0.2, 0) is 24.3 Å². The van der Waals surface area contributed by atoms with E-state index in [0.717, 1.165) is 33.0 Å². The number of imidazole rings is 1. The fourth-order valence-corrected chi connectivity index (χ4v) is 5.99. The van der Waals surface area contributed by atoms with Crippen LogP contribution in [-0.4, -0.2) is 43.3 Å². The SMILES string of the molecule is Cc1nc(COc2cccc(-c3cc(F)c(Cc4nc5ccc(C(=O)O)cc5n4C[C@@H]4CCO4)cc3F)n2)sc1Br. The molecule has 8 nitrogen and oxygen atoms in total. The normalized spacial score (nSPS) is 14.8. The van der Waals surface area contributed by atoms with Crippen molar-refractivity contribution >= 4 is 44.3 Å². The molecule has 1 saturated heterocycles. The summed E-state index contributed by atoms with van der Waals surface area (Å²) in [6, 6.07) is 11.8. The Labute approximate surface area is 245 Å². The minimum atomic E-state index is -1.06. The first-order chi connectivity index (χ1) is 19.7. The largest absolute Gasteiger partial charge is 0.478 e. The number of nitrogens with zero attached hydrogens (tertiary/aromatic N) is 4. The molecule has 1 atom stereocenters. The number of ether oxygens (including phenoxy) is 2. The van der Waals surface area contributed by atoms with Crippen molar-refractivity contribution in [2.24, 2.45) is 0 Å². The van der Waals surface area contributed by atoms with Crippen LogP contribution in [0.1, 0.15) is 38.9 Å². The Hall–Kier alpha value is -3.74. The average molecular weight is 641 g/mol.